The third kappa shape index (κ3) is 4.31. The van der Waals surface area contributed by atoms with Crippen LogP contribution in [0.4, 0.5) is 4.39 Å². The number of benzene rings is 1. The number of unbranched alkanes of at least 4 members (excludes halogenated alkanes) is 2. The number of nitrogens with zero attached hydrogens (tertiary/aromatic N) is 1. The van der Waals surface area contributed by atoms with Gasteiger partial charge >= 0.3 is 0 Å². The van der Waals surface area contributed by atoms with E-state index in [2.05, 4.69) is 29.2 Å². The molecule has 2 saturated heterocycles. The van der Waals surface area contributed by atoms with Gasteiger partial charge in [-0.2, -0.15) is 0 Å². The normalized spacial score (nSPS) is 31.2. The Balaban J connectivity index is 1.61. The van der Waals surface area contributed by atoms with Crippen LogP contribution in [0.15, 0.2) is 30.3 Å². The van der Waals surface area contributed by atoms with Crippen molar-refractivity contribution in [1.29, 1.82) is 0 Å². The molecule has 0 spiro atoms. The van der Waals surface area contributed by atoms with E-state index >= 15 is 0 Å². The van der Waals surface area contributed by atoms with Crippen molar-refractivity contribution in [2.24, 2.45) is 0 Å². The van der Waals surface area contributed by atoms with Gasteiger partial charge in [0.1, 0.15) is 0 Å². The second-order valence-corrected chi connectivity index (χ2v) is 7.14. The Hall–Kier alpha value is -0.970. The van der Waals surface area contributed by atoms with Gasteiger partial charge in [0.05, 0.1) is 25.5 Å². The summed E-state index contributed by atoms with van der Waals surface area (Å²) in [6.45, 7) is 2.09. The Bertz CT molecular complexity index is 468. The maximum atomic E-state index is 12.2. The highest BCUT2D eigenvalue weighted by molar-refractivity contribution is 5.15. The molecular formula is C19H28FNO2. The minimum atomic E-state index is -0.595. The molecule has 128 valence electrons. The standard InChI is InChI=1S/C19H28FNO2/c20-10-6-2-5-9-19(22)11-17-14-23-15-18(12-19)21(17)13-16-7-3-1-4-8-16/h1,3-4,7-8,17-18,22H,2,5-6,9-15H2. The highest BCUT2D eigenvalue weighted by Gasteiger charge is 2.45. The smallest absolute Gasteiger partial charge is 0.0894 e. The fourth-order valence-electron chi connectivity index (χ4n) is 4.12. The maximum absolute atomic E-state index is 12.2. The topological polar surface area (TPSA) is 32.7 Å². The lowest BCUT2D eigenvalue weighted by atomic mass is 9.78. The molecule has 2 unspecified atom stereocenters. The van der Waals surface area contributed by atoms with Gasteiger partial charge < -0.3 is 9.84 Å². The van der Waals surface area contributed by atoms with Gasteiger partial charge in [0.15, 0.2) is 0 Å². The number of aliphatic hydroxyl groups is 1. The molecule has 2 heterocycles. The van der Waals surface area contributed by atoms with E-state index in [9.17, 15) is 9.50 Å². The van der Waals surface area contributed by atoms with Crippen LogP contribution in [-0.2, 0) is 11.3 Å². The van der Waals surface area contributed by atoms with Gasteiger partial charge in [-0.15, -0.1) is 0 Å². The summed E-state index contributed by atoms with van der Waals surface area (Å²) >= 11 is 0. The third-order valence-electron chi connectivity index (χ3n) is 5.27. The number of rotatable bonds is 7. The van der Waals surface area contributed by atoms with Crippen molar-refractivity contribution in [2.45, 2.75) is 62.8 Å². The van der Waals surface area contributed by atoms with Gasteiger partial charge in [-0.05, 0) is 31.2 Å². The van der Waals surface area contributed by atoms with Crippen LogP contribution in [0.1, 0.15) is 44.1 Å². The molecule has 23 heavy (non-hydrogen) atoms. The first-order valence-electron chi connectivity index (χ1n) is 8.86. The van der Waals surface area contributed by atoms with Crippen LogP contribution < -0.4 is 0 Å². The molecule has 2 atom stereocenters. The van der Waals surface area contributed by atoms with Crippen LogP contribution in [0, 0.1) is 0 Å². The van der Waals surface area contributed by atoms with Crippen LogP contribution >= 0.6 is 0 Å². The molecule has 2 fully saturated rings. The van der Waals surface area contributed by atoms with Crippen LogP contribution in [0.5, 0.6) is 0 Å². The number of hydrogen-bond acceptors (Lipinski definition) is 3. The minimum absolute atomic E-state index is 0.248. The van der Waals surface area contributed by atoms with E-state index in [0.717, 1.165) is 38.6 Å². The molecule has 0 aliphatic carbocycles. The average molecular weight is 321 g/mol. The number of morpholine rings is 1. The predicted molar refractivity (Wildman–Crippen MR) is 89.0 cm³/mol. The SMILES string of the molecule is OC1(CCCCCF)CC2COCC(C1)N2Cc1ccccc1. The number of piperidine rings is 1. The van der Waals surface area contributed by atoms with Gasteiger partial charge in [0.25, 0.3) is 0 Å². The summed E-state index contributed by atoms with van der Waals surface area (Å²) in [4.78, 5) is 2.51. The summed E-state index contributed by atoms with van der Waals surface area (Å²) in [6, 6.07) is 11.1. The molecular weight excluding hydrogens is 293 g/mol. The quantitative estimate of drug-likeness (QED) is 0.782. The van der Waals surface area contributed by atoms with E-state index in [-0.39, 0.29) is 18.8 Å². The maximum Gasteiger partial charge on any atom is 0.0894 e. The molecule has 0 radical (unpaired) electrons. The van der Waals surface area contributed by atoms with Crippen molar-refractivity contribution in [3.63, 3.8) is 0 Å². The van der Waals surface area contributed by atoms with E-state index in [0.29, 0.717) is 19.6 Å². The van der Waals surface area contributed by atoms with E-state index in [4.69, 9.17) is 4.74 Å². The number of alkyl halides is 1. The Morgan fingerprint density at radius 1 is 1.09 bits per heavy atom. The number of ether oxygens (including phenoxy) is 1. The summed E-state index contributed by atoms with van der Waals surface area (Å²) in [7, 11) is 0. The summed E-state index contributed by atoms with van der Waals surface area (Å²) in [5.41, 5.74) is 0.723. The first-order valence-corrected chi connectivity index (χ1v) is 8.86. The molecule has 1 aromatic carbocycles. The highest BCUT2D eigenvalue weighted by atomic mass is 19.1. The molecule has 3 rings (SSSR count). The lowest BCUT2D eigenvalue weighted by Gasteiger charge is -2.52. The number of halogens is 1. The zero-order valence-corrected chi connectivity index (χ0v) is 13.8. The van der Waals surface area contributed by atoms with E-state index < -0.39 is 5.60 Å². The van der Waals surface area contributed by atoms with E-state index in [1.54, 1.807) is 0 Å². The van der Waals surface area contributed by atoms with Crippen molar-refractivity contribution < 1.29 is 14.2 Å². The molecule has 2 aliphatic heterocycles. The van der Waals surface area contributed by atoms with Crippen LogP contribution in [0.25, 0.3) is 0 Å². The molecule has 0 saturated carbocycles. The molecule has 2 bridgehead atoms. The summed E-state index contributed by atoms with van der Waals surface area (Å²) < 4.78 is 18.0. The molecule has 0 amide bonds. The number of hydrogen-bond donors (Lipinski definition) is 1. The van der Waals surface area contributed by atoms with E-state index in [1.165, 1.54) is 5.56 Å². The fraction of sp³-hybridized carbons (Fsp3) is 0.684. The molecule has 1 aromatic rings. The lowest BCUT2D eigenvalue weighted by Crippen LogP contribution is -2.61. The Kier molecular flexibility index (Phi) is 5.67. The monoisotopic (exact) mass is 321 g/mol. The largest absolute Gasteiger partial charge is 0.390 e. The fourth-order valence-corrected chi connectivity index (χ4v) is 4.12. The molecule has 1 N–H and O–H groups in total. The van der Waals surface area contributed by atoms with Crippen molar-refractivity contribution >= 4 is 0 Å². The summed E-state index contributed by atoms with van der Waals surface area (Å²) in [5.74, 6) is 0. The molecule has 2 aliphatic rings. The predicted octanol–water partition coefficient (Wildman–Crippen LogP) is 3.31. The van der Waals surface area contributed by atoms with Crippen molar-refractivity contribution in [3.8, 4) is 0 Å². The van der Waals surface area contributed by atoms with E-state index in [1.807, 2.05) is 6.07 Å². The van der Waals surface area contributed by atoms with Crippen molar-refractivity contribution in [2.75, 3.05) is 19.9 Å². The molecule has 0 aromatic heterocycles. The van der Waals surface area contributed by atoms with Gasteiger partial charge in [0, 0.05) is 18.6 Å². The minimum Gasteiger partial charge on any atom is -0.390 e. The van der Waals surface area contributed by atoms with Crippen LogP contribution in [0.3, 0.4) is 0 Å². The first kappa shape index (κ1) is 16.9. The second-order valence-electron chi connectivity index (χ2n) is 7.14. The third-order valence-corrected chi connectivity index (χ3v) is 5.27. The Morgan fingerprint density at radius 2 is 1.78 bits per heavy atom. The highest BCUT2D eigenvalue weighted by Crippen LogP contribution is 2.38. The Morgan fingerprint density at radius 3 is 2.43 bits per heavy atom. The van der Waals surface area contributed by atoms with Gasteiger partial charge in [-0.25, -0.2) is 0 Å². The zero-order chi connectivity index (χ0) is 16.1. The average Bonchev–Trinajstić information content (AvgIpc) is 2.54. The zero-order valence-electron chi connectivity index (χ0n) is 13.8. The van der Waals surface area contributed by atoms with Gasteiger partial charge in [0.2, 0.25) is 0 Å². The lowest BCUT2D eigenvalue weighted by molar-refractivity contribution is -0.148. The number of fused-ring (bicyclic) bond motifs is 2. The Labute approximate surface area is 138 Å². The van der Waals surface area contributed by atoms with Crippen LogP contribution in [-0.4, -0.2) is 47.6 Å². The second kappa shape index (κ2) is 7.73. The first-order chi connectivity index (χ1) is 11.2. The van der Waals surface area contributed by atoms with Crippen LogP contribution in [0.2, 0.25) is 0 Å². The summed E-state index contributed by atoms with van der Waals surface area (Å²) in [5, 5.41) is 11.0. The van der Waals surface area contributed by atoms with Gasteiger partial charge in [-0.3, -0.25) is 9.29 Å². The van der Waals surface area contributed by atoms with Crippen molar-refractivity contribution in [3.05, 3.63) is 35.9 Å². The van der Waals surface area contributed by atoms with Gasteiger partial charge in [-0.1, -0.05) is 43.2 Å². The molecule has 4 heteroatoms. The summed E-state index contributed by atoms with van der Waals surface area (Å²) in [6.07, 6.45) is 4.74. The van der Waals surface area contributed by atoms with Crippen molar-refractivity contribution in [1.82, 2.24) is 4.90 Å². The molecule has 3 nitrogen and oxygen atoms in total.